The number of rotatable bonds is 5. The number of hydrogen-bond donors (Lipinski definition) is 1. The first-order chi connectivity index (χ1) is 9.18. The molecule has 104 valence electrons. The predicted molar refractivity (Wildman–Crippen MR) is 79.6 cm³/mol. The van der Waals surface area contributed by atoms with E-state index >= 15 is 0 Å². The minimum absolute atomic E-state index is 0.174. The molecule has 0 radical (unpaired) electrons. The molecule has 1 heterocycles. The zero-order valence-corrected chi connectivity index (χ0v) is 12.3. The molecular formula is C16H22ClNO. The maximum Gasteiger partial charge on any atom is 0.144 e. The topological polar surface area (TPSA) is 29.1 Å². The lowest BCUT2D eigenvalue weighted by atomic mass is 9.72. The number of carbonyl (C=O) groups is 1. The van der Waals surface area contributed by atoms with E-state index in [1.165, 1.54) is 0 Å². The first-order valence-electron chi connectivity index (χ1n) is 7.15. The highest BCUT2D eigenvalue weighted by molar-refractivity contribution is 6.31. The largest absolute Gasteiger partial charge is 0.316 e. The number of carbonyl (C=O) groups excluding carboxylic acids is 1. The summed E-state index contributed by atoms with van der Waals surface area (Å²) in [5.41, 5.74) is 0.779. The van der Waals surface area contributed by atoms with E-state index in [2.05, 4.69) is 12.2 Å². The number of nitrogens with one attached hydrogen (secondary N) is 1. The third kappa shape index (κ3) is 3.37. The minimum atomic E-state index is -0.174. The lowest BCUT2D eigenvalue weighted by Crippen LogP contribution is -2.46. The second-order valence-corrected chi connectivity index (χ2v) is 5.91. The molecule has 0 bridgehead atoms. The molecule has 2 rings (SSSR count). The average molecular weight is 280 g/mol. The number of piperidine rings is 1. The lowest BCUT2D eigenvalue weighted by molar-refractivity contribution is -0.129. The van der Waals surface area contributed by atoms with E-state index in [0.717, 1.165) is 44.3 Å². The van der Waals surface area contributed by atoms with Crippen molar-refractivity contribution in [2.75, 3.05) is 13.1 Å². The van der Waals surface area contributed by atoms with Gasteiger partial charge < -0.3 is 5.32 Å². The van der Waals surface area contributed by atoms with Crippen LogP contribution in [0.1, 0.15) is 38.2 Å². The Morgan fingerprint density at radius 2 is 2.21 bits per heavy atom. The van der Waals surface area contributed by atoms with Crippen LogP contribution in [0.3, 0.4) is 0 Å². The highest BCUT2D eigenvalue weighted by Gasteiger charge is 2.38. The summed E-state index contributed by atoms with van der Waals surface area (Å²) in [7, 11) is 0. The van der Waals surface area contributed by atoms with Crippen molar-refractivity contribution in [1.29, 1.82) is 0 Å². The van der Waals surface area contributed by atoms with Gasteiger partial charge in [-0.3, -0.25) is 4.79 Å². The van der Waals surface area contributed by atoms with Crippen LogP contribution in [0.5, 0.6) is 0 Å². The van der Waals surface area contributed by atoms with Gasteiger partial charge in [0.15, 0.2) is 0 Å². The molecule has 1 aliphatic heterocycles. The fourth-order valence-electron chi connectivity index (χ4n) is 3.04. The van der Waals surface area contributed by atoms with Crippen molar-refractivity contribution in [2.24, 2.45) is 5.41 Å². The molecule has 0 aliphatic carbocycles. The van der Waals surface area contributed by atoms with Gasteiger partial charge in [0, 0.05) is 23.4 Å². The fraction of sp³-hybridized carbons (Fsp3) is 0.562. The van der Waals surface area contributed by atoms with Gasteiger partial charge in [0.05, 0.1) is 0 Å². The summed E-state index contributed by atoms with van der Waals surface area (Å²) in [6.07, 6.45) is 4.59. The number of hydrogen-bond acceptors (Lipinski definition) is 2. The molecule has 1 aliphatic rings. The average Bonchev–Trinajstić information content (AvgIpc) is 2.42. The van der Waals surface area contributed by atoms with Crippen LogP contribution in [-0.2, 0) is 11.2 Å². The van der Waals surface area contributed by atoms with Crippen molar-refractivity contribution in [2.45, 2.75) is 39.0 Å². The summed E-state index contributed by atoms with van der Waals surface area (Å²) < 4.78 is 0. The molecule has 1 aromatic rings. The lowest BCUT2D eigenvalue weighted by Gasteiger charge is -2.36. The van der Waals surface area contributed by atoms with Gasteiger partial charge in [-0.15, -0.1) is 0 Å². The van der Waals surface area contributed by atoms with Gasteiger partial charge in [0.1, 0.15) is 5.78 Å². The van der Waals surface area contributed by atoms with Crippen LogP contribution in [0, 0.1) is 5.41 Å². The normalized spacial score (nSPS) is 23.3. The van der Waals surface area contributed by atoms with Crippen LogP contribution in [0.2, 0.25) is 5.02 Å². The Hall–Kier alpha value is -0.860. The summed E-state index contributed by atoms with van der Waals surface area (Å²) in [5, 5.41) is 4.09. The smallest absolute Gasteiger partial charge is 0.144 e. The zero-order chi connectivity index (χ0) is 13.7. The molecular weight excluding hydrogens is 258 g/mol. The van der Waals surface area contributed by atoms with E-state index in [9.17, 15) is 4.79 Å². The van der Waals surface area contributed by atoms with E-state index in [-0.39, 0.29) is 5.41 Å². The molecule has 1 aromatic carbocycles. The van der Waals surface area contributed by atoms with Crippen molar-refractivity contribution in [3.63, 3.8) is 0 Å². The summed E-state index contributed by atoms with van der Waals surface area (Å²) in [5.74, 6) is 0.342. The Bertz CT molecular complexity index is 433. The van der Waals surface area contributed by atoms with Crippen LogP contribution in [-0.4, -0.2) is 18.9 Å². The first-order valence-corrected chi connectivity index (χ1v) is 7.53. The van der Waals surface area contributed by atoms with Gasteiger partial charge in [-0.25, -0.2) is 0 Å². The van der Waals surface area contributed by atoms with Gasteiger partial charge >= 0.3 is 0 Å². The van der Waals surface area contributed by atoms with Crippen molar-refractivity contribution in [3.8, 4) is 0 Å². The van der Waals surface area contributed by atoms with Gasteiger partial charge in [-0.2, -0.15) is 0 Å². The van der Waals surface area contributed by atoms with Gasteiger partial charge in [0.25, 0.3) is 0 Å². The molecule has 0 aromatic heterocycles. The molecule has 0 amide bonds. The van der Waals surface area contributed by atoms with Crippen LogP contribution in [0.25, 0.3) is 0 Å². The molecule has 1 unspecified atom stereocenters. The Balaban J connectivity index is 2.14. The quantitative estimate of drug-likeness (QED) is 0.892. The number of ketones is 1. The number of benzene rings is 1. The van der Waals surface area contributed by atoms with Gasteiger partial charge in [0.2, 0.25) is 0 Å². The summed E-state index contributed by atoms with van der Waals surface area (Å²) >= 11 is 6.16. The minimum Gasteiger partial charge on any atom is -0.316 e. The van der Waals surface area contributed by atoms with Crippen LogP contribution in [0.4, 0.5) is 0 Å². The number of Topliss-reactive ketones (excluding diaryl/α,β-unsaturated/α-hetero) is 1. The van der Waals surface area contributed by atoms with Crippen LogP contribution in [0.15, 0.2) is 24.3 Å². The number of halogens is 1. The van der Waals surface area contributed by atoms with Crippen molar-refractivity contribution in [1.82, 2.24) is 5.32 Å². The molecule has 19 heavy (non-hydrogen) atoms. The third-order valence-corrected chi connectivity index (χ3v) is 4.47. The highest BCUT2D eigenvalue weighted by Crippen LogP contribution is 2.34. The zero-order valence-electron chi connectivity index (χ0n) is 11.5. The van der Waals surface area contributed by atoms with Crippen molar-refractivity contribution < 1.29 is 4.79 Å². The molecule has 2 nitrogen and oxygen atoms in total. The SMILES string of the molecule is CCCC1(C(=O)Cc2ccccc2Cl)CCCNC1. The molecule has 1 fully saturated rings. The predicted octanol–water partition coefficient (Wildman–Crippen LogP) is 3.62. The molecule has 1 atom stereocenters. The standard InChI is InChI=1S/C16H22ClNO/c1-2-8-16(9-5-10-18-12-16)15(19)11-13-6-3-4-7-14(13)17/h3-4,6-7,18H,2,5,8-12H2,1H3. The highest BCUT2D eigenvalue weighted by atomic mass is 35.5. The molecule has 3 heteroatoms. The Morgan fingerprint density at radius 3 is 2.84 bits per heavy atom. The van der Waals surface area contributed by atoms with E-state index in [4.69, 9.17) is 11.6 Å². The van der Waals surface area contributed by atoms with Gasteiger partial charge in [-0.05, 0) is 37.4 Å². The molecule has 1 saturated heterocycles. The van der Waals surface area contributed by atoms with Crippen LogP contribution < -0.4 is 5.32 Å². The Labute approximate surface area is 120 Å². The maximum absolute atomic E-state index is 12.7. The van der Waals surface area contributed by atoms with Crippen molar-refractivity contribution >= 4 is 17.4 Å². The Morgan fingerprint density at radius 1 is 1.42 bits per heavy atom. The van der Waals surface area contributed by atoms with E-state index < -0.39 is 0 Å². The second-order valence-electron chi connectivity index (χ2n) is 5.50. The second kappa shape index (κ2) is 6.53. The fourth-order valence-corrected chi connectivity index (χ4v) is 3.24. The van der Waals surface area contributed by atoms with E-state index in [1.54, 1.807) is 0 Å². The summed E-state index contributed by atoms with van der Waals surface area (Å²) in [4.78, 5) is 12.7. The molecule has 0 spiro atoms. The van der Waals surface area contributed by atoms with E-state index in [1.807, 2.05) is 24.3 Å². The summed E-state index contributed by atoms with van der Waals surface area (Å²) in [6.45, 7) is 4.01. The van der Waals surface area contributed by atoms with Gasteiger partial charge in [-0.1, -0.05) is 43.1 Å². The Kier molecular flexibility index (Phi) is 5.00. The summed E-state index contributed by atoms with van der Waals surface area (Å²) in [6, 6.07) is 7.66. The van der Waals surface area contributed by atoms with Crippen molar-refractivity contribution in [3.05, 3.63) is 34.9 Å². The molecule has 0 saturated carbocycles. The monoisotopic (exact) mass is 279 g/mol. The van der Waals surface area contributed by atoms with Crippen LogP contribution >= 0.6 is 11.6 Å². The third-order valence-electron chi connectivity index (χ3n) is 4.10. The van der Waals surface area contributed by atoms with E-state index in [0.29, 0.717) is 17.2 Å². The first kappa shape index (κ1) is 14.5. The molecule has 1 N–H and O–H groups in total. The maximum atomic E-state index is 12.7.